The molecule has 2 atom stereocenters. The lowest BCUT2D eigenvalue weighted by atomic mass is 9.79. The van der Waals surface area contributed by atoms with Crippen molar-refractivity contribution in [1.29, 1.82) is 0 Å². The first-order valence-corrected chi connectivity index (χ1v) is 9.12. The highest BCUT2D eigenvalue weighted by Gasteiger charge is 2.35. The fraction of sp³-hybridized carbons (Fsp3) is 0.444. The van der Waals surface area contributed by atoms with E-state index < -0.39 is 29.6 Å². The van der Waals surface area contributed by atoms with Crippen molar-refractivity contribution >= 4 is 41.0 Å². The van der Waals surface area contributed by atoms with E-state index in [-0.39, 0.29) is 18.7 Å². The highest BCUT2D eigenvalue weighted by atomic mass is 35.5. The minimum Gasteiger partial charge on any atom is -0.481 e. The van der Waals surface area contributed by atoms with Gasteiger partial charge in [-0.1, -0.05) is 36.6 Å². The number of aliphatic carboxylic acids is 1. The Morgan fingerprint density at radius 1 is 0.963 bits per heavy atom. The van der Waals surface area contributed by atoms with Crippen LogP contribution in [0.25, 0.3) is 0 Å². The molecule has 0 radical (unpaired) electrons. The number of nitrogens with one attached hydrogen (secondary N) is 3. The SMILES string of the molecule is O=C(CCC(=O)Nc1ccccc1Cl)NNC(=O)C1CCCCC1C(=O)O. The fourth-order valence-corrected chi connectivity index (χ4v) is 3.21. The van der Waals surface area contributed by atoms with Crippen LogP contribution < -0.4 is 16.2 Å². The Kier molecular flexibility index (Phi) is 7.60. The maximum absolute atomic E-state index is 12.2. The largest absolute Gasteiger partial charge is 0.481 e. The van der Waals surface area contributed by atoms with Crippen molar-refractivity contribution in [3.8, 4) is 0 Å². The normalized spacial score (nSPS) is 19.0. The molecule has 8 nitrogen and oxygen atoms in total. The van der Waals surface area contributed by atoms with Gasteiger partial charge < -0.3 is 10.4 Å². The van der Waals surface area contributed by atoms with E-state index in [1.165, 1.54) is 0 Å². The van der Waals surface area contributed by atoms with Crippen LogP contribution >= 0.6 is 11.6 Å². The lowest BCUT2D eigenvalue weighted by Gasteiger charge is -2.27. The predicted molar refractivity (Wildman–Crippen MR) is 98.7 cm³/mol. The Morgan fingerprint density at radius 3 is 2.26 bits per heavy atom. The zero-order chi connectivity index (χ0) is 19.8. The van der Waals surface area contributed by atoms with Crippen LogP contribution in [0.15, 0.2) is 24.3 Å². The van der Waals surface area contributed by atoms with E-state index in [9.17, 15) is 24.3 Å². The molecule has 4 N–H and O–H groups in total. The van der Waals surface area contributed by atoms with Crippen LogP contribution in [0.1, 0.15) is 38.5 Å². The molecular formula is C18H22ClN3O5. The molecule has 0 heterocycles. The summed E-state index contributed by atoms with van der Waals surface area (Å²) in [6.45, 7) is 0. The molecule has 0 bridgehead atoms. The second kappa shape index (κ2) is 9.91. The number of carboxylic acid groups (broad SMARTS) is 1. The van der Waals surface area contributed by atoms with Crippen LogP contribution in [0.3, 0.4) is 0 Å². The number of hydrazine groups is 1. The maximum Gasteiger partial charge on any atom is 0.307 e. The van der Waals surface area contributed by atoms with Gasteiger partial charge in [-0.3, -0.25) is 30.0 Å². The van der Waals surface area contributed by atoms with Crippen molar-refractivity contribution in [3.05, 3.63) is 29.3 Å². The fourth-order valence-electron chi connectivity index (χ4n) is 3.03. The lowest BCUT2D eigenvalue weighted by Crippen LogP contribution is -2.48. The summed E-state index contributed by atoms with van der Waals surface area (Å²) in [4.78, 5) is 47.1. The summed E-state index contributed by atoms with van der Waals surface area (Å²) in [6, 6.07) is 6.73. The Morgan fingerprint density at radius 2 is 1.59 bits per heavy atom. The molecule has 3 amide bonds. The third kappa shape index (κ3) is 6.25. The van der Waals surface area contributed by atoms with Crippen LogP contribution in [-0.2, 0) is 19.2 Å². The lowest BCUT2D eigenvalue weighted by molar-refractivity contribution is -0.149. The zero-order valence-corrected chi connectivity index (χ0v) is 15.4. The smallest absolute Gasteiger partial charge is 0.307 e. The molecule has 9 heteroatoms. The quantitative estimate of drug-likeness (QED) is 0.549. The topological polar surface area (TPSA) is 125 Å². The van der Waals surface area contributed by atoms with E-state index in [1.807, 2.05) is 0 Å². The van der Waals surface area contributed by atoms with Gasteiger partial charge in [0.2, 0.25) is 17.7 Å². The molecule has 2 unspecified atom stereocenters. The van der Waals surface area contributed by atoms with Gasteiger partial charge in [0, 0.05) is 12.8 Å². The van der Waals surface area contributed by atoms with Crippen molar-refractivity contribution in [1.82, 2.24) is 10.9 Å². The van der Waals surface area contributed by atoms with Crippen LogP contribution in [0.4, 0.5) is 5.69 Å². The highest BCUT2D eigenvalue weighted by molar-refractivity contribution is 6.33. The molecule has 1 aliphatic carbocycles. The summed E-state index contributed by atoms with van der Waals surface area (Å²) < 4.78 is 0. The van der Waals surface area contributed by atoms with Gasteiger partial charge in [0.25, 0.3) is 0 Å². The first-order chi connectivity index (χ1) is 12.9. The van der Waals surface area contributed by atoms with E-state index in [0.717, 1.165) is 12.8 Å². The molecular weight excluding hydrogens is 374 g/mol. The predicted octanol–water partition coefficient (Wildman–Crippen LogP) is 2.10. The number of para-hydroxylation sites is 1. The molecule has 1 aromatic carbocycles. The molecule has 1 aromatic rings. The highest BCUT2D eigenvalue weighted by Crippen LogP contribution is 2.30. The Bertz CT molecular complexity index is 725. The molecule has 0 spiro atoms. The molecule has 0 aliphatic heterocycles. The summed E-state index contributed by atoms with van der Waals surface area (Å²) in [7, 11) is 0. The Labute approximate surface area is 161 Å². The number of halogens is 1. The summed E-state index contributed by atoms with van der Waals surface area (Å²) >= 11 is 5.94. The molecule has 2 rings (SSSR count). The molecule has 27 heavy (non-hydrogen) atoms. The van der Waals surface area contributed by atoms with Gasteiger partial charge in [0.15, 0.2) is 0 Å². The minimum absolute atomic E-state index is 0.0892. The van der Waals surface area contributed by atoms with Crippen LogP contribution in [0, 0.1) is 11.8 Å². The van der Waals surface area contributed by atoms with Crippen molar-refractivity contribution in [2.24, 2.45) is 11.8 Å². The summed E-state index contributed by atoms with van der Waals surface area (Å²) in [6.07, 6.45) is 2.24. The van der Waals surface area contributed by atoms with Gasteiger partial charge >= 0.3 is 5.97 Å². The van der Waals surface area contributed by atoms with Crippen LogP contribution in [0.5, 0.6) is 0 Å². The third-order valence-electron chi connectivity index (χ3n) is 4.47. The summed E-state index contributed by atoms with van der Waals surface area (Å²) in [5.74, 6) is -3.85. The van der Waals surface area contributed by atoms with Gasteiger partial charge in [-0.2, -0.15) is 0 Å². The maximum atomic E-state index is 12.2. The molecule has 1 saturated carbocycles. The van der Waals surface area contributed by atoms with Gasteiger partial charge in [-0.25, -0.2) is 0 Å². The zero-order valence-electron chi connectivity index (χ0n) is 14.7. The van der Waals surface area contributed by atoms with Crippen LogP contribution in [0.2, 0.25) is 5.02 Å². The number of anilines is 1. The van der Waals surface area contributed by atoms with E-state index >= 15 is 0 Å². The van der Waals surface area contributed by atoms with Gasteiger partial charge in [-0.05, 0) is 25.0 Å². The number of amides is 3. The molecule has 0 saturated heterocycles. The van der Waals surface area contributed by atoms with Crippen molar-refractivity contribution in [3.63, 3.8) is 0 Å². The number of benzene rings is 1. The van der Waals surface area contributed by atoms with Crippen LogP contribution in [-0.4, -0.2) is 28.8 Å². The molecule has 1 aliphatic rings. The molecule has 0 aromatic heterocycles. The van der Waals surface area contributed by atoms with E-state index in [4.69, 9.17) is 11.6 Å². The standard InChI is InChI=1S/C18H22ClN3O5/c19-13-7-3-4-8-14(13)20-15(23)9-10-16(24)21-22-17(25)11-5-1-2-6-12(11)18(26)27/h3-4,7-8,11-12H,1-2,5-6,9-10H2,(H,20,23)(H,21,24)(H,22,25)(H,26,27). The monoisotopic (exact) mass is 395 g/mol. The average molecular weight is 396 g/mol. The van der Waals surface area contributed by atoms with E-state index in [2.05, 4.69) is 16.2 Å². The second-order valence-corrected chi connectivity index (χ2v) is 6.81. The third-order valence-corrected chi connectivity index (χ3v) is 4.80. The Balaban J connectivity index is 1.74. The Hall–Kier alpha value is -2.61. The van der Waals surface area contributed by atoms with E-state index in [1.54, 1.807) is 24.3 Å². The molecule has 1 fully saturated rings. The van der Waals surface area contributed by atoms with Crippen molar-refractivity contribution in [2.75, 3.05) is 5.32 Å². The average Bonchev–Trinajstić information content (AvgIpc) is 2.66. The summed E-state index contributed by atoms with van der Waals surface area (Å²) in [5.41, 5.74) is 4.95. The van der Waals surface area contributed by atoms with E-state index in [0.29, 0.717) is 23.6 Å². The minimum atomic E-state index is -1.00. The first kappa shape index (κ1) is 20.7. The van der Waals surface area contributed by atoms with Gasteiger partial charge in [-0.15, -0.1) is 0 Å². The number of hydrogen-bond donors (Lipinski definition) is 4. The summed E-state index contributed by atoms with van der Waals surface area (Å²) in [5, 5.41) is 12.2. The number of hydrogen-bond acceptors (Lipinski definition) is 4. The second-order valence-electron chi connectivity index (χ2n) is 6.40. The number of carboxylic acids is 1. The molecule has 146 valence electrons. The number of rotatable bonds is 6. The number of carbonyl (C=O) groups is 4. The number of carbonyl (C=O) groups excluding carboxylic acids is 3. The van der Waals surface area contributed by atoms with Gasteiger partial charge in [0.1, 0.15) is 0 Å². The van der Waals surface area contributed by atoms with Gasteiger partial charge in [0.05, 0.1) is 22.5 Å². The van der Waals surface area contributed by atoms with Crippen molar-refractivity contribution in [2.45, 2.75) is 38.5 Å². The first-order valence-electron chi connectivity index (χ1n) is 8.74. The van der Waals surface area contributed by atoms with Crippen molar-refractivity contribution < 1.29 is 24.3 Å².